The van der Waals surface area contributed by atoms with Crippen LogP contribution in [0.2, 0.25) is 0 Å². The molecular weight excluding hydrogens is 204 g/mol. The van der Waals surface area contributed by atoms with Crippen molar-refractivity contribution in [3.63, 3.8) is 0 Å². The molecule has 0 saturated heterocycles. The van der Waals surface area contributed by atoms with Crippen LogP contribution in [0.3, 0.4) is 0 Å². The number of ketones is 1. The van der Waals surface area contributed by atoms with Crippen LogP contribution >= 0.6 is 0 Å². The minimum atomic E-state index is 0.102. The van der Waals surface area contributed by atoms with Gasteiger partial charge in [0, 0.05) is 31.5 Å². The zero-order valence-corrected chi connectivity index (χ0v) is 10.5. The first-order valence-electron chi connectivity index (χ1n) is 5.78. The molecule has 16 heavy (non-hydrogen) atoms. The van der Waals surface area contributed by atoms with Gasteiger partial charge in [0.1, 0.15) is 5.78 Å². The Labute approximate surface area is 97.7 Å². The molecule has 0 radical (unpaired) electrons. The molecule has 0 aliphatic rings. The van der Waals surface area contributed by atoms with E-state index in [9.17, 15) is 4.79 Å². The molecule has 0 aromatic carbocycles. The first kappa shape index (κ1) is 14.9. The van der Waals surface area contributed by atoms with Crippen LogP contribution in [0.25, 0.3) is 0 Å². The van der Waals surface area contributed by atoms with E-state index in [1.807, 2.05) is 6.92 Å². The van der Waals surface area contributed by atoms with E-state index >= 15 is 0 Å². The van der Waals surface area contributed by atoms with Crippen molar-refractivity contribution in [1.29, 1.82) is 0 Å². The molecule has 0 aromatic rings. The van der Waals surface area contributed by atoms with Crippen LogP contribution in [0.4, 0.5) is 0 Å². The first-order valence-corrected chi connectivity index (χ1v) is 5.78. The quantitative estimate of drug-likeness (QED) is 0.414. The summed E-state index contributed by atoms with van der Waals surface area (Å²) in [5.41, 5.74) is 10.5. The van der Waals surface area contributed by atoms with Crippen LogP contribution in [-0.2, 0) is 4.79 Å². The highest BCUT2D eigenvalue weighted by molar-refractivity contribution is 5.78. The first-order chi connectivity index (χ1) is 7.45. The maximum Gasteiger partial charge on any atom is 0.185 e. The van der Waals surface area contributed by atoms with Crippen LogP contribution in [-0.4, -0.2) is 30.4 Å². The van der Waals surface area contributed by atoms with E-state index in [0.717, 1.165) is 6.42 Å². The van der Waals surface area contributed by atoms with Gasteiger partial charge in [-0.1, -0.05) is 20.8 Å². The second-order valence-electron chi connectivity index (χ2n) is 4.21. The van der Waals surface area contributed by atoms with Crippen LogP contribution in [0.1, 0.15) is 40.0 Å². The van der Waals surface area contributed by atoms with E-state index in [0.29, 0.717) is 25.4 Å². The summed E-state index contributed by atoms with van der Waals surface area (Å²) in [6, 6.07) is 0.518. The van der Waals surface area contributed by atoms with Crippen molar-refractivity contribution in [3.8, 4) is 0 Å². The summed E-state index contributed by atoms with van der Waals surface area (Å²) in [4.78, 5) is 15.3. The molecule has 94 valence electrons. The van der Waals surface area contributed by atoms with Crippen LogP contribution in [0.15, 0.2) is 4.99 Å². The van der Waals surface area contributed by atoms with E-state index in [-0.39, 0.29) is 17.8 Å². The van der Waals surface area contributed by atoms with Crippen LogP contribution in [0, 0.1) is 0 Å². The molecule has 1 unspecified atom stereocenters. The van der Waals surface area contributed by atoms with E-state index in [4.69, 9.17) is 11.5 Å². The molecule has 0 aliphatic heterocycles. The number of aliphatic imine (C=N–C) groups is 1. The van der Waals surface area contributed by atoms with Gasteiger partial charge in [0.15, 0.2) is 5.96 Å². The largest absolute Gasteiger partial charge is 0.370 e. The predicted octanol–water partition coefficient (Wildman–Crippen LogP) is 0.386. The standard InChI is InChI=1S/C11H24N4O/c1-4-10(16)7-9(15-8(2)3)5-6-14-11(12)13/h8-9,15H,4-7H2,1-3H3,(H4,12,13,14). The minimum absolute atomic E-state index is 0.102. The van der Waals surface area contributed by atoms with Crippen LogP contribution in [0.5, 0.6) is 0 Å². The molecule has 5 nitrogen and oxygen atoms in total. The molecule has 0 saturated carbocycles. The molecule has 5 heteroatoms. The smallest absolute Gasteiger partial charge is 0.185 e. The Morgan fingerprint density at radius 2 is 2.00 bits per heavy atom. The number of hydrogen-bond donors (Lipinski definition) is 3. The number of hydrogen-bond acceptors (Lipinski definition) is 3. The van der Waals surface area contributed by atoms with Gasteiger partial charge in [-0.05, 0) is 6.42 Å². The van der Waals surface area contributed by atoms with Crippen molar-refractivity contribution in [2.75, 3.05) is 6.54 Å². The SMILES string of the molecule is CCC(=O)CC(CCN=C(N)N)NC(C)C. The molecule has 1 atom stereocenters. The fourth-order valence-electron chi connectivity index (χ4n) is 1.48. The number of Topliss-reactive ketones (excluding diaryl/α,β-unsaturated/α-hetero) is 1. The minimum Gasteiger partial charge on any atom is -0.370 e. The van der Waals surface area contributed by atoms with Crippen LogP contribution < -0.4 is 16.8 Å². The fraction of sp³-hybridized carbons (Fsp3) is 0.818. The lowest BCUT2D eigenvalue weighted by atomic mass is 10.0. The van der Waals surface area contributed by atoms with Gasteiger partial charge in [0.25, 0.3) is 0 Å². The lowest BCUT2D eigenvalue weighted by Crippen LogP contribution is -2.37. The Morgan fingerprint density at radius 1 is 1.38 bits per heavy atom. The normalized spacial score (nSPS) is 12.5. The monoisotopic (exact) mass is 228 g/mol. The molecule has 0 amide bonds. The summed E-state index contributed by atoms with van der Waals surface area (Å²) >= 11 is 0. The third-order valence-corrected chi connectivity index (χ3v) is 2.21. The van der Waals surface area contributed by atoms with Crippen molar-refractivity contribution in [2.45, 2.75) is 52.1 Å². The summed E-state index contributed by atoms with van der Waals surface area (Å²) < 4.78 is 0. The lowest BCUT2D eigenvalue weighted by Gasteiger charge is -2.19. The van der Waals surface area contributed by atoms with E-state index in [2.05, 4.69) is 24.2 Å². The second kappa shape index (κ2) is 8.10. The highest BCUT2D eigenvalue weighted by atomic mass is 16.1. The van der Waals surface area contributed by atoms with Gasteiger partial charge in [-0.25, -0.2) is 0 Å². The summed E-state index contributed by atoms with van der Waals surface area (Å²) in [6.45, 7) is 6.56. The van der Waals surface area contributed by atoms with Crippen molar-refractivity contribution in [2.24, 2.45) is 16.5 Å². The van der Waals surface area contributed by atoms with Crippen molar-refractivity contribution >= 4 is 11.7 Å². The molecule has 0 fully saturated rings. The number of carbonyl (C=O) groups is 1. The van der Waals surface area contributed by atoms with Gasteiger partial charge >= 0.3 is 0 Å². The predicted molar refractivity (Wildman–Crippen MR) is 67.3 cm³/mol. The van der Waals surface area contributed by atoms with Gasteiger partial charge in [0.2, 0.25) is 0 Å². The Hall–Kier alpha value is -1.10. The summed E-state index contributed by atoms with van der Waals surface area (Å²) in [7, 11) is 0. The molecule has 0 rings (SSSR count). The van der Waals surface area contributed by atoms with E-state index < -0.39 is 0 Å². The second-order valence-corrected chi connectivity index (χ2v) is 4.21. The zero-order valence-electron chi connectivity index (χ0n) is 10.5. The maximum atomic E-state index is 11.4. The fourth-order valence-corrected chi connectivity index (χ4v) is 1.48. The highest BCUT2D eigenvalue weighted by Crippen LogP contribution is 2.03. The number of nitrogens with two attached hydrogens (primary N) is 2. The Kier molecular flexibility index (Phi) is 7.54. The number of nitrogens with one attached hydrogen (secondary N) is 1. The average molecular weight is 228 g/mol. The van der Waals surface area contributed by atoms with Crippen molar-refractivity contribution in [3.05, 3.63) is 0 Å². The topological polar surface area (TPSA) is 93.5 Å². The molecule has 0 bridgehead atoms. The Bertz CT molecular complexity index is 234. The Balaban J connectivity index is 4.10. The molecule has 0 aliphatic carbocycles. The summed E-state index contributed by atoms with van der Waals surface area (Å²) in [5, 5.41) is 3.35. The van der Waals surface area contributed by atoms with E-state index in [1.54, 1.807) is 0 Å². The third-order valence-electron chi connectivity index (χ3n) is 2.21. The molecule has 5 N–H and O–H groups in total. The maximum absolute atomic E-state index is 11.4. The average Bonchev–Trinajstić information content (AvgIpc) is 2.15. The van der Waals surface area contributed by atoms with Gasteiger partial charge in [0.05, 0.1) is 0 Å². The Morgan fingerprint density at radius 3 is 2.44 bits per heavy atom. The zero-order chi connectivity index (χ0) is 12.6. The number of rotatable bonds is 8. The van der Waals surface area contributed by atoms with Gasteiger partial charge in [-0.15, -0.1) is 0 Å². The summed E-state index contributed by atoms with van der Waals surface area (Å²) in [5.74, 6) is 0.368. The molecular formula is C11H24N4O. The van der Waals surface area contributed by atoms with E-state index in [1.165, 1.54) is 0 Å². The molecule has 0 spiro atoms. The van der Waals surface area contributed by atoms with Crippen molar-refractivity contribution < 1.29 is 4.79 Å². The number of guanidine groups is 1. The molecule has 0 aromatic heterocycles. The van der Waals surface area contributed by atoms with Gasteiger partial charge in [-0.2, -0.15) is 0 Å². The summed E-state index contributed by atoms with van der Waals surface area (Å²) in [6.07, 6.45) is 1.91. The highest BCUT2D eigenvalue weighted by Gasteiger charge is 2.13. The van der Waals surface area contributed by atoms with Crippen molar-refractivity contribution in [1.82, 2.24) is 5.32 Å². The molecule has 0 heterocycles. The van der Waals surface area contributed by atoms with Gasteiger partial charge < -0.3 is 16.8 Å². The lowest BCUT2D eigenvalue weighted by molar-refractivity contribution is -0.119. The third kappa shape index (κ3) is 8.23. The number of nitrogens with zero attached hydrogens (tertiary/aromatic N) is 1. The number of carbonyl (C=O) groups excluding carboxylic acids is 1. The van der Waals surface area contributed by atoms with Gasteiger partial charge in [-0.3, -0.25) is 9.79 Å².